The van der Waals surface area contributed by atoms with Crippen LogP contribution in [0.3, 0.4) is 0 Å². The molecule has 0 bridgehead atoms. The molecular weight excluding hydrogens is 350 g/mol. The molecule has 2 aromatic carbocycles. The fourth-order valence-electron chi connectivity index (χ4n) is 2.22. The predicted molar refractivity (Wildman–Crippen MR) is 86.8 cm³/mol. The molecule has 0 N–H and O–H groups in total. The van der Waals surface area contributed by atoms with Crippen molar-refractivity contribution in [3.63, 3.8) is 0 Å². The summed E-state index contributed by atoms with van der Waals surface area (Å²) in [6, 6.07) is 14.1. The van der Waals surface area contributed by atoms with Crippen LogP contribution in [0.4, 0.5) is 0 Å². The highest BCUT2D eigenvalue weighted by Crippen LogP contribution is 2.37. The Kier molecular flexibility index (Phi) is 3.16. The molecule has 4 rings (SSSR count). The molecule has 0 atom stereocenters. The van der Waals surface area contributed by atoms with Crippen molar-refractivity contribution >= 4 is 27.3 Å². The third-order valence-corrected chi connectivity index (χ3v) is 4.63. The lowest BCUT2D eigenvalue weighted by Crippen LogP contribution is -1.92. The molecule has 2 heterocycles. The van der Waals surface area contributed by atoms with Crippen LogP contribution >= 0.6 is 27.3 Å². The molecule has 1 aromatic heterocycles. The van der Waals surface area contributed by atoms with Gasteiger partial charge in [-0.05, 0) is 30.3 Å². The molecule has 0 fully saturated rings. The smallest absolute Gasteiger partial charge is 0.231 e. The normalized spacial score (nSPS) is 12.6. The Morgan fingerprint density at radius 3 is 2.81 bits per heavy atom. The maximum atomic E-state index is 5.41. The summed E-state index contributed by atoms with van der Waals surface area (Å²) in [7, 11) is 0. The zero-order valence-corrected chi connectivity index (χ0v) is 13.3. The third-order valence-electron chi connectivity index (χ3n) is 3.24. The van der Waals surface area contributed by atoms with Gasteiger partial charge in [-0.3, -0.25) is 0 Å². The number of halogens is 1. The van der Waals surface area contributed by atoms with Crippen LogP contribution in [0.15, 0.2) is 52.3 Å². The van der Waals surface area contributed by atoms with Gasteiger partial charge in [0.15, 0.2) is 11.5 Å². The van der Waals surface area contributed by atoms with Gasteiger partial charge in [0, 0.05) is 21.0 Å². The highest BCUT2D eigenvalue weighted by molar-refractivity contribution is 9.10. The van der Waals surface area contributed by atoms with Gasteiger partial charge in [0.2, 0.25) is 6.79 Å². The first-order chi connectivity index (χ1) is 10.3. The number of hydrogen-bond donors (Lipinski definition) is 0. The summed E-state index contributed by atoms with van der Waals surface area (Å²) >= 11 is 5.13. The molecule has 1 aliphatic rings. The van der Waals surface area contributed by atoms with E-state index >= 15 is 0 Å². The van der Waals surface area contributed by atoms with Crippen molar-refractivity contribution < 1.29 is 9.47 Å². The van der Waals surface area contributed by atoms with Gasteiger partial charge in [0.25, 0.3) is 0 Å². The van der Waals surface area contributed by atoms with Crippen molar-refractivity contribution in [2.24, 2.45) is 0 Å². The number of benzene rings is 2. The summed E-state index contributed by atoms with van der Waals surface area (Å²) in [5.74, 6) is 1.57. The highest BCUT2D eigenvalue weighted by atomic mass is 79.9. The van der Waals surface area contributed by atoms with E-state index < -0.39 is 0 Å². The minimum Gasteiger partial charge on any atom is -0.454 e. The molecule has 21 heavy (non-hydrogen) atoms. The topological polar surface area (TPSA) is 31.4 Å². The number of ether oxygens (including phenoxy) is 2. The number of nitrogens with zero attached hydrogens (tertiary/aromatic N) is 1. The van der Waals surface area contributed by atoms with Crippen LogP contribution in [-0.4, -0.2) is 11.8 Å². The van der Waals surface area contributed by atoms with Crippen molar-refractivity contribution in [1.29, 1.82) is 0 Å². The summed E-state index contributed by atoms with van der Waals surface area (Å²) in [6.45, 7) is 0.291. The Morgan fingerprint density at radius 2 is 1.90 bits per heavy atom. The molecule has 1 aliphatic heterocycles. The third kappa shape index (κ3) is 2.43. The first-order valence-corrected chi connectivity index (χ1v) is 8.08. The molecule has 104 valence electrons. The lowest BCUT2D eigenvalue weighted by Gasteiger charge is -2.00. The molecule has 0 radical (unpaired) electrons. The summed E-state index contributed by atoms with van der Waals surface area (Å²) in [5.41, 5.74) is 3.10. The van der Waals surface area contributed by atoms with E-state index in [1.54, 1.807) is 11.3 Å². The molecular formula is C16H10BrNO2S. The summed E-state index contributed by atoms with van der Waals surface area (Å²) in [5, 5.41) is 3.07. The quantitative estimate of drug-likeness (QED) is 0.647. The number of rotatable bonds is 2. The lowest BCUT2D eigenvalue weighted by atomic mass is 10.1. The average Bonchev–Trinajstić information content (AvgIpc) is 3.15. The maximum Gasteiger partial charge on any atom is 0.231 e. The summed E-state index contributed by atoms with van der Waals surface area (Å²) in [6.07, 6.45) is 0. The molecule has 0 aliphatic carbocycles. The second kappa shape index (κ2) is 5.16. The first kappa shape index (κ1) is 12.9. The molecule has 0 amide bonds. The second-order valence-electron chi connectivity index (χ2n) is 4.62. The summed E-state index contributed by atoms with van der Waals surface area (Å²) in [4.78, 5) is 4.72. The van der Waals surface area contributed by atoms with E-state index in [1.165, 1.54) is 0 Å². The van der Waals surface area contributed by atoms with E-state index in [-0.39, 0.29) is 0 Å². The van der Waals surface area contributed by atoms with E-state index in [1.807, 2.05) is 30.3 Å². The minimum atomic E-state index is 0.291. The monoisotopic (exact) mass is 359 g/mol. The first-order valence-electron chi connectivity index (χ1n) is 6.41. The van der Waals surface area contributed by atoms with Crippen molar-refractivity contribution in [2.45, 2.75) is 0 Å². The minimum absolute atomic E-state index is 0.291. The SMILES string of the molecule is Brc1cccc(-c2nc(-c3ccc4c(c3)OCO4)cs2)c1. The molecule has 0 saturated heterocycles. The van der Waals surface area contributed by atoms with Crippen molar-refractivity contribution in [3.05, 3.63) is 52.3 Å². The predicted octanol–water partition coefficient (Wildman–Crippen LogP) is 4.97. The van der Waals surface area contributed by atoms with Gasteiger partial charge in [-0.1, -0.05) is 28.1 Å². The van der Waals surface area contributed by atoms with Crippen LogP contribution in [0, 0.1) is 0 Å². The van der Waals surface area contributed by atoms with Crippen molar-refractivity contribution in [3.8, 4) is 33.3 Å². The zero-order chi connectivity index (χ0) is 14.2. The fourth-order valence-corrected chi connectivity index (χ4v) is 3.44. The zero-order valence-electron chi connectivity index (χ0n) is 10.9. The Morgan fingerprint density at radius 1 is 1.00 bits per heavy atom. The van der Waals surface area contributed by atoms with Gasteiger partial charge in [0.05, 0.1) is 5.69 Å². The Bertz CT molecular complexity index is 816. The van der Waals surface area contributed by atoms with Crippen molar-refractivity contribution in [2.75, 3.05) is 6.79 Å². The molecule has 3 nitrogen and oxygen atoms in total. The van der Waals surface area contributed by atoms with Crippen LogP contribution in [0.5, 0.6) is 11.5 Å². The van der Waals surface area contributed by atoms with Crippen LogP contribution in [0.1, 0.15) is 0 Å². The standard InChI is InChI=1S/C16H10BrNO2S/c17-12-3-1-2-11(6-12)16-18-13(8-21-16)10-4-5-14-15(7-10)20-9-19-14/h1-8H,9H2. The van der Waals surface area contributed by atoms with Gasteiger partial charge in [-0.25, -0.2) is 4.98 Å². The molecule has 0 saturated carbocycles. The molecule has 0 unspecified atom stereocenters. The molecule has 0 spiro atoms. The van der Waals surface area contributed by atoms with E-state index in [2.05, 4.69) is 33.4 Å². The van der Waals surface area contributed by atoms with Gasteiger partial charge >= 0.3 is 0 Å². The van der Waals surface area contributed by atoms with Crippen LogP contribution in [0.2, 0.25) is 0 Å². The van der Waals surface area contributed by atoms with Gasteiger partial charge in [0.1, 0.15) is 5.01 Å². The van der Waals surface area contributed by atoms with Crippen LogP contribution in [0.25, 0.3) is 21.8 Å². The van der Waals surface area contributed by atoms with Gasteiger partial charge in [-0.15, -0.1) is 11.3 Å². The van der Waals surface area contributed by atoms with E-state index in [9.17, 15) is 0 Å². The lowest BCUT2D eigenvalue weighted by molar-refractivity contribution is 0.174. The average molecular weight is 360 g/mol. The van der Waals surface area contributed by atoms with Gasteiger partial charge < -0.3 is 9.47 Å². The fraction of sp³-hybridized carbons (Fsp3) is 0.0625. The largest absolute Gasteiger partial charge is 0.454 e. The van der Waals surface area contributed by atoms with Crippen LogP contribution in [-0.2, 0) is 0 Å². The van der Waals surface area contributed by atoms with E-state index in [4.69, 9.17) is 14.5 Å². The number of hydrogen-bond acceptors (Lipinski definition) is 4. The maximum absolute atomic E-state index is 5.41. The summed E-state index contributed by atoms with van der Waals surface area (Å²) < 4.78 is 11.8. The Balaban J connectivity index is 1.71. The number of aromatic nitrogens is 1. The Labute approximate surface area is 134 Å². The Hall–Kier alpha value is -1.85. The second-order valence-corrected chi connectivity index (χ2v) is 6.39. The number of fused-ring (bicyclic) bond motifs is 1. The van der Waals surface area contributed by atoms with E-state index in [0.717, 1.165) is 37.8 Å². The molecule has 5 heteroatoms. The molecule has 3 aromatic rings. The highest BCUT2D eigenvalue weighted by Gasteiger charge is 2.15. The van der Waals surface area contributed by atoms with Crippen molar-refractivity contribution in [1.82, 2.24) is 4.98 Å². The number of thiazole rings is 1. The van der Waals surface area contributed by atoms with Crippen LogP contribution < -0.4 is 9.47 Å². The van der Waals surface area contributed by atoms with Gasteiger partial charge in [-0.2, -0.15) is 0 Å². The van der Waals surface area contributed by atoms with E-state index in [0.29, 0.717) is 6.79 Å².